The van der Waals surface area contributed by atoms with E-state index in [-0.39, 0.29) is 5.41 Å². The largest absolute Gasteiger partial charge is 0.0619 e. The van der Waals surface area contributed by atoms with Crippen LogP contribution < -0.4 is 0 Å². The summed E-state index contributed by atoms with van der Waals surface area (Å²) in [6.07, 6.45) is 0. The number of rotatable bonds is 3. The van der Waals surface area contributed by atoms with E-state index in [1.807, 2.05) is 0 Å². The molecule has 0 saturated heterocycles. The number of hydrogen-bond donors (Lipinski definition) is 0. The van der Waals surface area contributed by atoms with Gasteiger partial charge in [-0.2, -0.15) is 0 Å². The fraction of sp³-hybridized carbons (Fsp3) is 0.0612. The van der Waals surface area contributed by atoms with Crippen LogP contribution in [0.3, 0.4) is 0 Å². The quantitative estimate of drug-likeness (QED) is 0.172. The molecule has 10 rings (SSSR count). The van der Waals surface area contributed by atoms with Crippen LogP contribution >= 0.6 is 0 Å². The average molecular weight is 623 g/mol. The van der Waals surface area contributed by atoms with Gasteiger partial charge < -0.3 is 0 Å². The first-order chi connectivity index (χ1) is 24.0. The maximum absolute atomic E-state index is 2.41. The van der Waals surface area contributed by atoms with Crippen LogP contribution in [0.2, 0.25) is 0 Å². The predicted molar refractivity (Wildman–Crippen MR) is 210 cm³/mol. The first-order valence-corrected chi connectivity index (χ1v) is 17.3. The molecular formula is C49H34. The third kappa shape index (κ3) is 4.31. The molecule has 0 aromatic heterocycles. The lowest BCUT2D eigenvalue weighted by Crippen LogP contribution is -2.14. The van der Waals surface area contributed by atoms with Gasteiger partial charge >= 0.3 is 0 Å². The Kier molecular flexibility index (Phi) is 6.02. The highest BCUT2D eigenvalue weighted by Gasteiger charge is 2.35. The molecule has 0 bridgehead atoms. The van der Waals surface area contributed by atoms with Gasteiger partial charge in [0.1, 0.15) is 0 Å². The maximum Gasteiger partial charge on any atom is 0.0159 e. The van der Waals surface area contributed by atoms with Crippen LogP contribution in [-0.2, 0) is 5.41 Å². The normalized spacial score (nSPS) is 13.3. The summed E-state index contributed by atoms with van der Waals surface area (Å²) in [4.78, 5) is 0. The van der Waals surface area contributed by atoms with Crippen molar-refractivity contribution in [1.82, 2.24) is 0 Å². The summed E-state index contributed by atoms with van der Waals surface area (Å²) in [6.45, 7) is 4.70. The average Bonchev–Trinajstić information content (AvgIpc) is 3.40. The second-order valence-corrected chi connectivity index (χ2v) is 14.1. The summed E-state index contributed by atoms with van der Waals surface area (Å²) >= 11 is 0. The van der Waals surface area contributed by atoms with Crippen LogP contribution in [0.15, 0.2) is 170 Å². The highest BCUT2D eigenvalue weighted by Crippen LogP contribution is 2.49. The van der Waals surface area contributed by atoms with E-state index in [0.717, 1.165) is 0 Å². The topological polar surface area (TPSA) is 0 Å². The fourth-order valence-corrected chi connectivity index (χ4v) is 8.43. The smallest absolute Gasteiger partial charge is 0.0159 e. The van der Waals surface area contributed by atoms with Crippen molar-refractivity contribution in [2.45, 2.75) is 19.3 Å². The first-order valence-electron chi connectivity index (χ1n) is 17.3. The van der Waals surface area contributed by atoms with Crippen molar-refractivity contribution in [3.8, 4) is 44.5 Å². The molecule has 1 aliphatic rings. The summed E-state index contributed by atoms with van der Waals surface area (Å²) < 4.78 is 0. The Morgan fingerprint density at radius 2 is 0.714 bits per heavy atom. The molecule has 49 heavy (non-hydrogen) atoms. The Hall–Kier alpha value is -5.98. The highest BCUT2D eigenvalue weighted by molar-refractivity contribution is 6.25. The Bertz CT molecular complexity index is 2740. The Morgan fingerprint density at radius 1 is 0.286 bits per heavy atom. The van der Waals surface area contributed by atoms with Crippen molar-refractivity contribution >= 4 is 43.1 Å². The molecule has 0 heteroatoms. The van der Waals surface area contributed by atoms with Gasteiger partial charge in [0.05, 0.1) is 0 Å². The summed E-state index contributed by atoms with van der Waals surface area (Å²) in [6, 6.07) is 63.2. The molecule has 0 unspecified atom stereocenters. The van der Waals surface area contributed by atoms with Gasteiger partial charge in [-0.1, -0.05) is 159 Å². The van der Waals surface area contributed by atoms with Crippen LogP contribution in [0.25, 0.3) is 87.6 Å². The molecule has 0 saturated carbocycles. The van der Waals surface area contributed by atoms with Gasteiger partial charge in [0, 0.05) is 5.41 Å². The minimum absolute atomic E-state index is 0.00681. The van der Waals surface area contributed by atoms with Crippen LogP contribution in [0, 0.1) is 0 Å². The fourth-order valence-electron chi connectivity index (χ4n) is 8.43. The van der Waals surface area contributed by atoms with E-state index in [1.54, 1.807) is 0 Å². The minimum Gasteiger partial charge on any atom is -0.0619 e. The summed E-state index contributed by atoms with van der Waals surface area (Å²) in [5, 5.41) is 10.4. The Balaban J connectivity index is 0.998. The molecule has 9 aromatic carbocycles. The van der Waals surface area contributed by atoms with E-state index < -0.39 is 0 Å². The van der Waals surface area contributed by atoms with Crippen LogP contribution in [0.1, 0.15) is 25.0 Å². The van der Waals surface area contributed by atoms with Crippen LogP contribution in [0.4, 0.5) is 0 Å². The van der Waals surface area contributed by atoms with Crippen molar-refractivity contribution in [3.63, 3.8) is 0 Å². The van der Waals surface area contributed by atoms with E-state index in [0.29, 0.717) is 0 Å². The monoisotopic (exact) mass is 622 g/mol. The SMILES string of the molecule is CC1(C)c2ccccc2-c2ccc(-c3ccc4ccc(-c5ccc(-c6ccc7c8ccccc8c8ccccc8c7c6)cc5)cc4c3)cc21. The zero-order valence-electron chi connectivity index (χ0n) is 27.7. The molecule has 0 atom stereocenters. The van der Waals surface area contributed by atoms with E-state index in [2.05, 4.69) is 184 Å². The second-order valence-electron chi connectivity index (χ2n) is 14.1. The van der Waals surface area contributed by atoms with Gasteiger partial charge in [-0.15, -0.1) is 0 Å². The number of fused-ring (bicyclic) bond motifs is 10. The summed E-state index contributed by atoms with van der Waals surface area (Å²) in [5.41, 5.74) is 13.0. The molecule has 0 N–H and O–H groups in total. The molecule has 0 spiro atoms. The second kappa shape index (κ2) is 10.5. The van der Waals surface area contributed by atoms with Crippen molar-refractivity contribution in [2.75, 3.05) is 0 Å². The van der Waals surface area contributed by atoms with Crippen molar-refractivity contribution in [1.29, 1.82) is 0 Å². The minimum atomic E-state index is -0.00681. The third-order valence-corrected chi connectivity index (χ3v) is 11.1. The van der Waals surface area contributed by atoms with E-state index in [9.17, 15) is 0 Å². The molecule has 0 radical (unpaired) electrons. The van der Waals surface area contributed by atoms with Gasteiger partial charge in [0.25, 0.3) is 0 Å². The van der Waals surface area contributed by atoms with Gasteiger partial charge in [0.2, 0.25) is 0 Å². The Labute approximate surface area is 286 Å². The zero-order chi connectivity index (χ0) is 32.7. The molecule has 0 aliphatic heterocycles. The van der Waals surface area contributed by atoms with Gasteiger partial charge in [-0.25, -0.2) is 0 Å². The van der Waals surface area contributed by atoms with Crippen molar-refractivity contribution < 1.29 is 0 Å². The molecular weight excluding hydrogens is 589 g/mol. The van der Waals surface area contributed by atoms with Gasteiger partial charge in [-0.3, -0.25) is 0 Å². The lowest BCUT2D eigenvalue weighted by Gasteiger charge is -2.22. The first kappa shape index (κ1) is 28.1. The van der Waals surface area contributed by atoms with Gasteiger partial charge in [-0.05, 0) is 123 Å². The number of benzene rings is 9. The van der Waals surface area contributed by atoms with Gasteiger partial charge in [0.15, 0.2) is 0 Å². The standard InChI is InChI=1S/C49H34/c1-49(2)47-14-8-7-13-44(47)45-26-24-37(30-48(45)49)35-22-20-33-19-21-34(27-38(33)28-35)31-15-17-32(18-16-31)36-23-25-43-41-11-4-3-9-39(41)40-10-5-6-12-42(40)46(43)29-36/h3-30H,1-2H3. The van der Waals surface area contributed by atoms with Crippen LogP contribution in [0.5, 0.6) is 0 Å². The molecule has 230 valence electrons. The summed E-state index contributed by atoms with van der Waals surface area (Å²) in [5.74, 6) is 0. The molecule has 9 aromatic rings. The van der Waals surface area contributed by atoms with E-state index in [1.165, 1.54) is 98.7 Å². The number of hydrogen-bond acceptors (Lipinski definition) is 0. The maximum atomic E-state index is 2.41. The third-order valence-electron chi connectivity index (χ3n) is 11.1. The highest BCUT2D eigenvalue weighted by atomic mass is 14.4. The van der Waals surface area contributed by atoms with Crippen LogP contribution in [-0.4, -0.2) is 0 Å². The molecule has 0 amide bonds. The zero-order valence-corrected chi connectivity index (χ0v) is 27.7. The lowest BCUT2D eigenvalue weighted by molar-refractivity contribution is 0.660. The van der Waals surface area contributed by atoms with Crippen molar-refractivity contribution in [2.24, 2.45) is 0 Å². The summed E-state index contributed by atoms with van der Waals surface area (Å²) in [7, 11) is 0. The van der Waals surface area contributed by atoms with E-state index >= 15 is 0 Å². The molecule has 1 aliphatic carbocycles. The van der Waals surface area contributed by atoms with E-state index in [4.69, 9.17) is 0 Å². The molecule has 0 heterocycles. The predicted octanol–water partition coefficient (Wildman–Crippen LogP) is 13.6. The molecule has 0 fully saturated rings. The van der Waals surface area contributed by atoms with Crippen molar-refractivity contribution in [3.05, 3.63) is 181 Å². The molecule has 0 nitrogen and oxygen atoms in total. The Morgan fingerprint density at radius 3 is 1.37 bits per heavy atom. The lowest BCUT2D eigenvalue weighted by atomic mass is 9.81.